The molecule has 1 saturated heterocycles. The zero-order chi connectivity index (χ0) is 16.0. The maximum absolute atomic E-state index is 11.9. The van der Waals surface area contributed by atoms with Gasteiger partial charge in [-0.3, -0.25) is 9.59 Å². The zero-order valence-corrected chi connectivity index (χ0v) is 12.8. The molecule has 1 rings (SSSR count). The molecule has 0 aliphatic carbocycles. The molecule has 7 nitrogen and oxygen atoms in total. The van der Waals surface area contributed by atoms with Gasteiger partial charge < -0.3 is 20.5 Å². The van der Waals surface area contributed by atoms with Crippen molar-refractivity contribution in [2.75, 3.05) is 6.54 Å². The molecule has 120 valence electrons. The molecule has 0 aromatic carbocycles. The number of carboxylic acids is 1. The van der Waals surface area contributed by atoms with Crippen molar-refractivity contribution < 1.29 is 24.2 Å². The number of nitrogens with one attached hydrogen (secondary N) is 2. The summed E-state index contributed by atoms with van der Waals surface area (Å²) in [6.45, 7) is 5.99. The van der Waals surface area contributed by atoms with Gasteiger partial charge in [-0.1, -0.05) is 0 Å². The molecule has 2 atom stereocenters. The minimum Gasteiger partial charge on any atom is -0.480 e. The molecule has 1 aliphatic rings. The Morgan fingerprint density at radius 2 is 2.05 bits per heavy atom. The van der Waals surface area contributed by atoms with Crippen molar-refractivity contribution in [3.05, 3.63) is 0 Å². The number of aliphatic carboxylic acids is 1. The van der Waals surface area contributed by atoms with E-state index in [0.29, 0.717) is 6.42 Å². The molecular weight excluding hydrogens is 276 g/mol. The third kappa shape index (κ3) is 6.57. The maximum atomic E-state index is 11.9. The van der Waals surface area contributed by atoms with Crippen LogP contribution in [-0.4, -0.2) is 47.2 Å². The number of rotatable bonds is 6. The Morgan fingerprint density at radius 1 is 1.38 bits per heavy atom. The van der Waals surface area contributed by atoms with E-state index < -0.39 is 23.6 Å². The fourth-order valence-corrected chi connectivity index (χ4v) is 2.09. The lowest BCUT2D eigenvalue weighted by molar-refractivity contribution is -0.155. The Kier molecular flexibility index (Phi) is 6.14. The van der Waals surface area contributed by atoms with E-state index >= 15 is 0 Å². The minimum absolute atomic E-state index is 0.0166. The highest BCUT2D eigenvalue weighted by molar-refractivity contribution is 5.87. The standard InChI is InChI=1S/C14H24N2O5/c1-14(2,3)21-11(17)7-6-10(13(19)20)16-12(18)9-5-4-8-15-9/h9-10,15H,4-8H2,1-3H3,(H,16,18)(H,19,20)/t9-,10-/m0/s1. The summed E-state index contributed by atoms with van der Waals surface area (Å²) in [5, 5.41) is 14.6. The van der Waals surface area contributed by atoms with Gasteiger partial charge in [0.05, 0.1) is 6.04 Å². The van der Waals surface area contributed by atoms with E-state index in [-0.39, 0.29) is 24.8 Å². The molecule has 1 amide bonds. The number of esters is 1. The second kappa shape index (κ2) is 7.40. The Hall–Kier alpha value is -1.63. The maximum Gasteiger partial charge on any atom is 0.326 e. The van der Waals surface area contributed by atoms with Gasteiger partial charge in [-0.15, -0.1) is 0 Å². The third-order valence-electron chi connectivity index (χ3n) is 3.05. The smallest absolute Gasteiger partial charge is 0.326 e. The normalized spacial score (nSPS) is 19.9. The second-order valence-electron chi connectivity index (χ2n) is 6.17. The van der Waals surface area contributed by atoms with Crippen LogP contribution in [0.2, 0.25) is 0 Å². The van der Waals surface area contributed by atoms with Gasteiger partial charge in [0.1, 0.15) is 11.6 Å². The largest absolute Gasteiger partial charge is 0.480 e. The molecule has 1 aliphatic heterocycles. The fraction of sp³-hybridized carbons (Fsp3) is 0.786. The molecule has 0 aromatic rings. The van der Waals surface area contributed by atoms with E-state index in [1.165, 1.54) is 0 Å². The van der Waals surface area contributed by atoms with E-state index in [9.17, 15) is 14.4 Å². The van der Waals surface area contributed by atoms with Crippen molar-refractivity contribution in [2.24, 2.45) is 0 Å². The van der Waals surface area contributed by atoms with Crippen LogP contribution in [0.15, 0.2) is 0 Å². The van der Waals surface area contributed by atoms with Gasteiger partial charge in [0.2, 0.25) is 5.91 Å². The summed E-state index contributed by atoms with van der Waals surface area (Å²) in [6.07, 6.45) is 1.56. The Bertz CT molecular complexity index is 397. The lowest BCUT2D eigenvalue weighted by Gasteiger charge is -2.21. The monoisotopic (exact) mass is 300 g/mol. The number of carbonyl (C=O) groups excluding carboxylic acids is 2. The van der Waals surface area contributed by atoms with Crippen LogP contribution in [-0.2, 0) is 19.1 Å². The average Bonchev–Trinajstić information content (AvgIpc) is 2.85. The van der Waals surface area contributed by atoms with Gasteiger partial charge in [0.15, 0.2) is 0 Å². The second-order valence-corrected chi connectivity index (χ2v) is 6.17. The topological polar surface area (TPSA) is 105 Å². The molecule has 0 unspecified atom stereocenters. The molecule has 0 saturated carbocycles. The summed E-state index contributed by atoms with van der Waals surface area (Å²) in [7, 11) is 0. The quantitative estimate of drug-likeness (QED) is 0.614. The van der Waals surface area contributed by atoms with Crippen LogP contribution >= 0.6 is 0 Å². The van der Waals surface area contributed by atoms with Crippen molar-refractivity contribution in [3.63, 3.8) is 0 Å². The van der Waals surface area contributed by atoms with E-state index in [2.05, 4.69) is 10.6 Å². The summed E-state index contributed by atoms with van der Waals surface area (Å²) in [6, 6.07) is -1.42. The van der Waals surface area contributed by atoms with Gasteiger partial charge >= 0.3 is 11.9 Å². The van der Waals surface area contributed by atoms with Gasteiger partial charge in [0, 0.05) is 6.42 Å². The highest BCUT2D eigenvalue weighted by atomic mass is 16.6. The van der Waals surface area contributed by atoms with Crippen molar-refractivity contribution in [3.8, 4) is 0 Å². The van der Waals surface area contributed by atoms with Crippen molar-refractivity contribution in [1.82, 2.24) is 10.6 Å². The predicted octanol–water partition coefficient (Wildman–Crippen LogP) is 0.430. The van der Waals surface area contributed by atoms with Crippen molar-refractivity contribution in [1.29, 1.82) is 0 Å². The van der Waals surface area contributed by atoms with Crippen LogP contribution < -0.4 is 10.6 Å². The van der Waals surface area contributed by atoms with Gasteiger partial charge in [-0.2, -0.15) is 0 Å². The van der Waals surface area contributed by atoms with Crippen molar-refractivity contribution in [2.45, 2.75) is 64.1 Å². The summed E-state index contributed by atoms with van der Waals surface area (Å²) in [5.74, 6) is -1.95. The first-order valence-corrected chi connectivity index (χ1v) is 7.17. The minimum atomic E-state index is -1.15. The van der Waals surface area contributed by atoms with Crippen LogP contribution in [0, 0.1) is 0 Å². The first kappa shape index (κ1) is 17.4. The first-order chi connectivity index (χ1) is 9.69. The SMILES string of the molecule is CC(C)(C)OC(=O)CC[C@H](NC(=O)[C@@H]1CCCN1)C(=O)O. The Labute approximate surface area is 124 Å². The molecule has 0 radical (unpaired) electrons. The number of ether oxygens (including phenoxy) is 1. The molecule has 7 heteroatoms. The average molecular weight is 300 g/mol. The van der Waals surface area contributed by atoms with Crippen LogP contribution in [0.25, 0.3) is 0 Å². The number of hydrogen-bond acceptors (Lipinski definition) is 5. The third-order valence-corrected chi connectivity index (χ3v) is 3.05. The molecular formula is C14H24N2O5. The van der Waals surface area contributed by atoms with E-state index in [0.717, 1.165) is 13.0 Å². The van der Waals surface area contributed by atoms with Crippen LogP contribution in [0.1, 0.15) is 46.5 Å². The van der Waals surface area contributed by atoms with Gasteiger partial charge in [-0.25, -0.2) is 4.79 Å². The van der Waals surface area contributed by atoms with Gasteiger partial charge in [0.25, 0.3) is 0 Å². The van der Waals surface area contributed by atoms with Gasteiger partial charge in [-0.05, 0) is 46.6 Å². The molecule has 3 N–H and O–H groups in total. The summed E-state index contributed by atoms with van der Waals surface area (Å²) < 4.78 is 5.12. The predicted molar refractivity (Wildman–Crippen MR) is 75.7 cm³/mol. The lowest BCUT2D eigenvalue weighted by Crippen LogP contribution is -2.48. The number of carboxylic acid groups (broad SMARTS) is 1. The van der Waals surface area contributed by atoms with E-state index in [4.69, 9.17) is 9.84 Å². The molecule has 1 heterocycles. The number of hydrogen-bond donors (Lipinski definition) is 3. The molecule has 0 aromatic heterocycles. The van der Waals surface area contributed by atoms with Crippen LogP contribution in [0.5, 0.6) is 0 Å². The first-order valence-electron chi connectivity index (χ1n) is 7.17. The lowest BCUT2D eigenvalue weighted by atomic mass is 10.1. The van der Waals surface area contributed by atoms with Crippen LogP contribution in [0.3, 0.4) is 0 Å². The Morgan fingerprint density at radius 3 is 2.52 bits per heavy atom. The highest BCUT2D eigenvalue weighted by Gasteiger charge is 2.28. The number of amides is 1. The van der Waals surface area contributed by atoms with E-state index in [1.807, 2.05) is 0 Å². The van der Waals surface area contributed by atoms with Crippen molar-refractivity contribution >= 4 is 17.8 Å². The molecule has 1 fully saturated rings. The molecule has 0 spiro atoms. The fourth-order valence-electron chi connectivity index (χ4n) is 2.09. The Balaban J connectivity index is 2.44. The molecule has 0 bridgehead atoms. The van der Waals surface area contributed by atoms with Crippen LogP contribution in [0.4, 0.5) is 0 Å². The highest BCUT2D eigenvalue weighted by Crippen LogP contribution is 2.11. The summed E-state index contributed by atoms with van der Waals surface area (Å²) in [5.41, 5.74) is -0.604. The number of carbonyl (C=O) groups is 3. The van der Waals surface area contributed by atoms with E-state index in [1.54, 1.807) is 20.8 Å². The molecule has 21 heavy (non-hydrogen) atoms. The zero-order valence-electron chi connectivity index (χ0n) is 12.8. The summed E-state index contributed by atoms with van der Waals surface area (Å²) in [4.78, 5) is 34.6. The summed E-state index contributed by atoms with van der Waals surface area (Å²) >= 11 is 0.